The fourth-order valence-electron chi connectivity index (χ4n) is 2.17. The van der Waals surface area contributed by atoms with Gasteiger partial charge in [-0.25, -0.2) is 0 Å². The van der Waals surface area contributed by atoms with Gasteiger partial charge >= 0.3 is 11.8 Å². The van der Waals surface area contributed by atoms with E-state index in [1.54, 1.807) is 24.3 Å². The molecular formula is C20H24N2O3. The van der Waals surface area contributed by atoms with E-state index >= 15 is 0 Å². The summed E-state index contributed by atoms with van der Waals surface area (Å²) >= 11 is 0. The first-order chi connectivity index (χ1) is 12.0. The van der Waals surface area contributed by atoms with Crippen LogP contribution in [0.4, 0.5) is 5.69 Å². The van der Waals surface area contributed by atoms with Crippen molar-refractivity contribution < 1.29 is 14.3 Å². The van der Waals surface area contributed by atoms with Crippen molar-refractivity contribution in [2.75, 3.05) is 11.9 Å². The second-order valence-electron chi connectivity index (χ2n) is 6.29. The van der Waals surface area contributed by atoms with E-state index < -0.39 is 11.8 Å². The van der Waals surface area contributed by atoms with Crippen molar-refractivity contribution in [3.05, 3.63) is 60.2 Å². The Morgan fingerprint density at radius 3 is 2.16 bits per heavy atom. The van der Waals surface area contributed by atoms with Crippen molar-refractivity contribution in [2.24, 2.45) is 5.92 Å². The highest BCUT2D eigenvalue weighted by Gasteiger charge is 2.17. The molecule has 2 aromatic rings. The lowest BCUT2D eigenvalue weighted by Gasteiger charge is -2.14. The number of hydrogen-bond acceptors (Lipinski definition) is 3. The van der Waals surface area contributed by atoms with E-state index in [1.165, 1.54) is 0 Å². The number of nitrogens with one attached hydrogen (secondary N) is 2. The van der Waals surface area contributed by atoms with Gasteiger partial charge in [0.25, 0.3) is 0 Å². The number of hydrogen-bond donors (Lipinski definition) is 2. The summed E-state index contributed by atoms with van der Waals surface area (Å²) in [6.07, 6.45) is 0. The van der Waals surface area contributed by atoms with Crippen LogP contribution < -0.4 is 15.4 Å². The van der Waals surface area contributed by atoms with Crippen molar-refractivity contribution in [3.8, 4) is 5.75 Å². The van der Waals surface area contributed by atoms with Crippen molar-refractivity contribution >= 4 is 17.5 Å². The van der Waals surface area contributed by atoms with Crippen molar-refractivity contribution in [1.82, 2.24) is 5.32 Å². The number of ether oxygens (including phenoxy) is 1. The molecule has 0 spiro atoms. The minimum absolute atomic E-state index is 0.244. The maximum absolute atomic E-state index is 12.0. The summed E-state index contributed by atoms with van der Waals surface area (Å²) in [5, 5.41) is 5.27. The van der Waals surface area contributed by atoms with E-state index in [1.807, 2.05) is 37.3 Å². The third-order valence-corrected chi connectivity index (χ3v) is 3.55. The Kier molecular flexibility index (Phi) is 6.57. The third-order valence-electron chi connectivity index (χ3n) is 3.55. The molecule has 0 radical (unpaired) electrons. The van der Waals surface area contributed by atoms with Crippen LogP contribution in [0.3, 0.4) is 0 Å². The molecule has 0 fully saturated rings. The third kappa shape index (κ3) is 5.95. The normalized spacial score (nSPS) is 11.7. The summed E-state index contributed by atoms with van der Waals surface area (Å²) in [5.74, 6) is -0.196. The van der Waals surface area contributed by atoms with Gasteiger partial charge in [0.15, 0.2) is 0 Å². The van der Waals surface area contributed by atoms with Crippen LogP contribution in [0.2, 0.25) is 0 Å². The number of carbonyl (C=O) groups excluding carboxylic acids is 2. The molecular weight excluding hydrogens is 316 g/mol. The largest absolute Gasteiger partial charge is 0.493 e. The Balaban J connectivity index is 1.87. The van der Waals surface area contributed by atoms with Crippen LogP contribution in [0.15, 0.2) is 54.6 Å². The Hall–Kier alpha value is -2.82. The van der Waals surface area contributed by atoms with E-state index in [2.05, 4.69) is 24.5 Å². The molecule has 0 heterocycles. The molecule has 0 aromatic heterocycles. The quantitative estimate of drug-likeness (QED) is 0.791. The molecule has 0 aliphatic carbocycles. The molecule has 0 saturated carbocycles. The van der Waals surface area contributed by atoms with Crippen molar-refractivity contribution in [1.29, 1.82) is 0 Å². The minimum Gasteiger partial charge on any atom is -0.493 e. The molecule has 0 aliphatic rings. The van der Waals surface area contributed by atoms with Crippen molar-refractivity contribution in [2.45, 2.75) is 26.8 Å². The van der Waals surface area contributed by atoms with Gasteiger partial charge in [-0.2, -0.15) is 0 Å². The van der Waals surface area contributed by atoms with E-state index in [9.17, 15) is 9.59 Å². The van der Waals surface area contributed by atoms with Crippen LogP contribution in [-0.2, 0) is 9.59 Å². The van der Waals surface area contributed by atoms with Gasteiger partial charge in [0.1, 0.15) is 5.75 Å². The number of benzene rings is 2. The summed E-state index contributed by atoms with van der Waals surface area (Å²) in [4.78, 5) is 24.1. The molecule has 5 heteroatoms. The molecule has 25 heavy (non-hydrogen) atoms. The monoisotopic (exact) mass is 340 g/mol. The summed E-state index contributed by atoms with van der Waals surface area (Å²) in [5.41, 5.74) is 1.49. The Bertz CT molecular complexity index is 697. The lowest BCUT2D eigenvalue weighted by Crippen LogP contribution is -2.36. The number of carbonyl (C=O) groups is 2. The zero-order chi connectivity index (χ0) is 18.2. The zero-order valence-electron chi connectivity index (χ0n) is 14.8. The van der Waals surface area contributed by atoms with E-state index in [4.69, 9.17) is 4.74 Å². The molecule has 2 N–H and O–H groups in total. The Morgan fingerprint density at radius 1 is 0.920 bits per heavy atom. The van der Waals surface area contributed by atoms with Gasteiger partial charge in [-0.15, -0.1) is 0 Å². The predicted octanol–water partition coefficient (Wildman–Crippen LogP) is 3.54. The standard InChI is InChI=1S/C20H24N2O3/c1-14(2)13-25-18-11-9-17(10-12-18)22-20(24)19(23)21-15(3)16-7-5-4-6-8-16/h4-12,14-15H,13H2,1-3H3,(H,21,23)(H,22,24)/t15-/m1/s1. The molecule has 5 nitrogen and oxygen atoms in total. The number of anilines is 1. The molecule has 132 valence electrons. The van der Waals surface area contributed by atoms with E-state index in [0.717, 1.165) is 11.3 Å². The molecule has 0 aliphatic heterocycles. The zero-order valence-corrected chi connectivity index (χ0v) is 14.8. The Labute approximate surface area is 148 Å². The fourth-order valence-corrected chi connectivity index (χ4v) is 2.17. The summed E-state index contributed by atoms with van der Waals surface area (Å²) in [7, 11) is 0. The average Bonchev–Trinajstić information content (AvgIpc) is 2.61. The molecule has 0 saturated heterocycles. The highest BCUT2D eigenvalue weighted by atomic mass is 16.5. The maximum Gasteiger partial charge on any atom is 0.313 e. The van der Waals surface area contributed by atoms with Crippen molar-refractivity contribution in [3.63, 3.8) is 0 Å². The van der Waals surface area contributed by atoms with Gasteiger partial charge < -0.3 is 15.4 Å². The van der Waals surface area contributed by atoms with Gasteiger partial charge in [-0.3, -0.25) is 9.59 Å². The van der Waals surface area contributed by atoms with E-state index in [-0.39, 0.29) is 6.04 Å². The fraction of sp³-hybridized carbons (Fsp3) is 0.300. The van der Waals surface area contributed by atoms with Crippen LogP contribution in [-0.4, -0.2) is 18.4 Å². The highest BCUT2D eigenvalue weighted by Crippen LogP contribution is 2.16. The van der Waals surface area contributed by atoms with Gasteiger partial charge in [-0.05, 0) is 42.7 Å². The topological polar surface area (TPSA) is 67.4 Å². The van der Waals surface area contributed by atoms with Gasteiger partial charge in [0.05, 0.1) is 12.6 Å². The maximum atomic E-state index is 12.0. The van der Waals surface area contributed by atoms with Crippen LogP contribution in [0, 0.1) is 5.92 Å². The first kappa shape index (κ1) is 18.5. The Morgan fingerprint density at radius 2 is 1.56 bits per heavy atom. The van der Waals surface area contributed by atoms with Crippen LogP contribution >= 0.6 is 0 Å². The van der Waals surface area contributed by atoms with Gasteiger partial charge in [0, 0.05) is 5.69 Å². The lowest BCUT2D eigenvalue weighted by atomic mass is 10.1. The summed E-state index contributed by atoms with van der Waals surface area (Å²) in [6.45, 7) is 6.61. The average molecular weight is 340 g/mol. The first-order valence-corrected chi connectivity index (χ1v) is 8.35. The van der Waals surface area contributed by atoms with Crippen LogP contribution in [0.25, 0.3) is 0 Å². The van der Waals surface area contributed by atoms with Gasteiger partial charge in [0.2, 0.25) is 0 Å². The van der Waals surface area contributed by atoms with Gasteiger partial charge in [-0.1, -0.05) is 44.2 Å². The van der Waals surface area contributed by atoms with Crippen LogP contribution in [0.1, 0.15) is 32.4 Å². The molecule has 2 aromatic carbocycles. The molecule has 0 bridgehead atoms. The number of amides is 2. The molecule has 2 amide bonds. The molecule has 0 unspecified atom stereocenters. The minimum atomic E-state index is -0.696. The van der Waals surface area contributed by atoms with Crippen LogP contribution in [0.5, 0.6) is 5.75 Å². The van der Waals surface area contributed by atoms with E-state index in [0.29, 0.717) is 18.2 Å². The highest BCUT2D eigenvalue weighted by molar-refractivity contribution is 6.39. The predicted molar refractivity (Wildman–Crippen MR) is 98.4 cm³/mol. The summed E-state index contributed by atoms with van der Waals surface area (Å²) < 4.78 is 5.58. The molecule has 2 rings (SSSR count). The first-order valence-electron chi connectivity index (χ1n) is 8.35. The lowest BCUT2D eigenvalue weighted by molar-refractivity contribution is -0.136. The smallest absolute Gasteiger partial charge is 0.313 e. The second kappa shape index (κ2) is 8.87. The number of rotatable bonds is 6. The SMILES string of the molecule is CC(C)COc1ccc(NC(=O)C(=O)N[C@H](C)c2ccccc2)cc1. The summed E-state index contributed by atoms with van der Waals surface area (Å²) in [6, 6.07) is 16.2. The molecule has 1 atom stereocenters. The second-order valence-corrected chi connectivity index (χ2v) is 6.29.